The zero-order valence-corrected chi connectivity index (χ0v) is 16.2. The second-order valence-corrected chi connectivity index (χ2v) is 7.36. The monoisotopic (exact) mass is 383 g/mol. The Balaban J connectivity index is 1.57. The Morgan fingerprint density at radius 2 is 0.900 bits per heavy atom. The molecular formula is C27H17N3. The molecule has 0 amide bonds. The molecule has 3 nitrogen and oxygen atoms in total. The first-order chi connectivity index (χ1) is 14.8. The number of rotatable bonds is 2. The topological polar surface area (TPSA) is 38.7 Å². The van der Waals surface area contributed by atoms with Gasteiger partial charge in [0.1, 0.15) is 0 Å². The van der Waals surface area contributed by atoms with Crippen LogP contribution in [0.4, 0.5) is 0 Å². The summed E-state index contributed by atoms with van der Waals surface area (Å²) in [5.74, 6) is 0. The Kier molecular flexibility index (Phi) is 3.78. The predicted octanol–water partition coefficient (Wildman–Crippen LogP) is 6.67. The van der Waals surface area contributed by atoms with Crippen molar-refractivity contribution < 1.29 is 0 Å². The van der Waals surface area contributed by atoms with Gasteiger partial charge in [-0.1, -0.05) is 78.9 Å². The van der Waals surface area contributed by atoms with E-state index in [0.29, 0.717) is 0 Å². The molecule has 0 atom stereocenters. The number of nitrogens with zero attached hydrogens (tertiary/aromatic N) is 3. The van der Waals surface area contributed by atoms with Crippen LogP contribution < -0.4 is 0 Å². The van der Waals surface area contributed by atoms with Crippen molar-refractivity contribution in [3.63, 3.8) is 0 Å². The summed E-state index contributed by atoms with van der Waals surface area (Å²) in [5.41, 5.74) is 6.56. The molecule has 140 valence electrons. The quantitative estimate of drug-likeness (QED) is 0.314. The highest BCUT2D eigenvalue weighted by atomic mass is 14.8. The second-order valence-electron chi connectivity index (χ2n) is 7.36. The van der Waals surface area contributed by atoms with E-state index in [1.165, 1.54) is 0 Å². The maximum atomic E-state index is 4.99. The molecule has 6 aromatic rings. The summed E-state index contributed by atoms with van der Waals surface area (Å²) in [6.07, 6.45) is 0. The number of hydrogen-bond acceptors (Lipinski definition) is 3. The minimum absolute atomic E-state index is 0.854. The lowest BCUT2D eigenvalue weighted by Crippen LogP contribution is -1.92. The average molecular weight is 383 g/mol. The number of hydrogen-bond donors (Lipinski definition) is 0. The molecule has 0 bridgehead atoms. The third-order valence-electron chi connectivity index (χ3n) is 5.45. The molecule has 3 aromatic heterocycles. The van der Waals surface area contributed by atoms with Gasteiger partial charge in [0.05, 0.1) is 33.6 Å². The molecule has 0 N–H and O–H groups in total. The van der Waals surface area contributed by atoms with Crippen LogP contribution in [-0.2, 0) is 0 Å². The summed E-state index contributed by atoms with van der Waals surface area (Å²) in [4.78, 5) is 14.8. The van der Waals surface area contributed by atoms with Crippen LogP contribution in [0, 0.1) is 0 Å². The lowest BCUT2D eigenvalue weighted by atomic mass is 10.1. The summed E-state index contributed by atoms with van der Waals surface area (Å²) in [6, 6.07) is 35.0. The van der Waals surface area contributed by atoms with Crippen LogP contribution >= 0.6 is 0 Å². The average Bonchev–Trinajstić information content (AvgIpc) is 2.83. The van der Waals surface area contributed by atoms with Crippen molar-refractivity contribution in [1.29, 1.82) is 0 Å². The molecule has 0 aliphatic rings. The SMILES string of the molecule is c1ccc(-c2ccc3ccc4ccc(-c5ccc6ccccc6n5)nc4c3n2)cc1. The first-order valence-corrected chi connectivity index (χ1v) is 9.97. The van der Waals surface area contributed by atoms with Crippen molar-refractivity contribution in [2.24, 2.45) is 0 Å². The predicted molar refractivity (Wildman–Crippen MR) is 123 cm³/mol. The molecule has 0 radical (unpaired) electrons. The van der Waals surface area contributed by atoms with Crippen LogP contribution in [0.2, 0.25) is 0 Å². The minimum atomic E-state index is 0.854. The van der Waals surface area contributed by atoms with Crippen LogP contribution in [0.25, 0.3) is 55.4 Å². The van der Waals surface area contributed by atoms with E-state index in [0.717, 1.165) is 55.4 Å². The van der Waals surface area contributed by atoms with Gasteiger partial charge >= 0.3 is 0 Å². The zero-order chi connectivity index (χ0) is 19.9. The van der Waals surface area contributed by atoms with Crippen molar-refractivity contribution in [3.8, 4) is 22.6 Å². The molecule has 6 rings (SSSR count). The molecule has 3 aromatic carbocycles. The Bertz CT molecular complexity index is 1540. The molecule has 0 aliphatic heterocycles. The van der Waals surface area contributed by atoms with E-state index >= 15 is 0 Å². The molecule has 30 heavy (non-hydrogen) atoms. The van der Waals surface area contributed by atoms with Crippen LogP contribution in [0.15, 0.2) is 103 Å². The van der Waals surface area contributed by atoms with Gasteiger partial charge in [-0.15, -0.1) is 0 Å². The molecule has 0 spiro atoms. The number of para-hydroxylation sites is 1. The fourth-order valence-corrected chi connectivity index (χ4v) is 3.89. The summed E-state index contributed by atoms with van der Waals surface area (Å²) >= 11 is 0. The van der Waals surface area contributed by atoms with E-state index < -0.39 is 0 Å². The van der Waals surface area contributed by atoms with Crippen LogP contribution in [-0.4, -0.2) is 15.0 Å². The first kappa shape index (κ1) is 16.8. The first-order valence-electron chi connectivity index (χ1n) is 9.97. The van der Waals surface area contributed by atoms with Gasteiger partial charge in [-0.2, -0.15) is 0 Å². The van der Waals surface area contributed by atoms with Gasteiger partial charge in [0.2, 0.25) is 0 Å². The lowest BCUT2D eigenvalue weighted by molar-refractivity contribution is 1.31. The van der Waals surface area contributed by atoms with Crippen molar-refractivity contribution in [3.05, 3.63) is 103 Å². The van der Waals surface area contributed by atoms with Crippen molar-refractivity contribution >= 4 is 32.7 Å². The largest absolute Gasteiger partial charge is 0.246 e. The summed E-state index contributed by atoms with van der Waals surface area (Å²) in [7, 11) is 0. The Morgan fingerprint density at radius 1 is 0.367 bits per heavy atom. The third kappa shape index (κ3) is 2.80. The standard InChI is InChI=1S/C27H17N3/c1-2-6-18(7-3-1)23-15-13-20-10-11-21-14-17-25(30-27(21)26(20)29-23)24-16-12-19-8-4-5-9-22(19)28-24/h1-17H. The number of aromatic nitrogens is 3. The van der Waals surface area contributed by atoms with Gasteiger partial charge in [-0.05, 0) is 24.3 Å². The Labute approximate surface area is 173 Å². The van der Waals surface area contributed by atoms with Gasteiger partial charge in [-0.25, -0.2) is 15.0 Å². The lowest BCUT2D eigenvalue weighted by Gasteiger charge is -2.08. The highest BCUT2D eigenvalue weighted by Crippen LogP contribution is 2.28. The Hall–Kier alpha value is -4.11. The molecule has 3 heteroatoms. The van der Waals surface area contributed by atoms with E-state index in [4.69, 9.17) is 15.0 Å². The Morgan fingerprint density at radius 3 is 1.67 bits per heavy atom. The van der Waals surface area contributed by atoms with Crippen molar-refractivity contribution in [2.75, 3.05) is 0 Å². The zero-order valence-electron chi connectivity index (χ0n) is 16.2. The summed E-state index contributed by atoms with van der Waals surface area (Å²) in [5, 5.41) is 3.28. The number of pyridine rings is 3. The number of fused-ring (bicyclic) bond motifs is 4. The molecule has 0 aliphatic carbocycles. The normalized spacial score (nSPS) is 11.3. The van der Waals surface area contributed by atoms with Crippen LogP contribution in [0.1, 0.15) is 0 Å². The molecule has 0 fully saturated rings. The maximum absolute atomic E-state index is 4.99. The van der Waals surface area contributed by atoms with Crippen molar-refractivity contribution in [2.45, 2.75) is 0 Å². The van der Waals surface area contributed by atoms with Gasteiger partial charge in [0, 0.05) is 21.7 Å². The fourth-order valence-electron chi connectivity index (χ4n) is 3.89. The smallest absolute Gasteiger partial charge is 0.0973 e. The van der Waals surface area contributed by atoms with Gasteiger partial charge in [-0.3, -0.25) is 0 Å². The highest BCUT2D eigenvalue weighted by Gasteiger charge is 2.09. The van der Waals surface area contributed by atoms with Crippen molar-refractivity contribution in [1.82, 2.24) is 15.0 Å². The van der Waals surface area contributed by atoms with Gasteiger partial charge < -0.3 is 0 Å². The molecule has 0 unspecified atom stereocenters. The van der Waals surface area contributed by atoms with E-state index in [-0.39, 0.29) is 0 Å². The summed E-state index contributed by atoms with van der Waals surface area (Å²) in [6.45, 7) is 0. The van der Waals surface area contributed by atoms with Gasteiger partial charge in [0.15, 0.2) is 0 Å². The summed E-state index contributed by atoms with van der Waals surface area (Å²) < 4.78 is 0. The minimum Gasteiger partial charge on any atom is -0.246 e. The third-order valence-corrected chi connectivity index (χ3v) is 5.45. The highest BCUT2D eigenvalue weighted by molar-refractivity contribution is 6.04. The molecule has 0 saturated heterocycles. The second kappa shape index (κ2) is 6.75. The molecule has 3 heterocycles. The maximum Gasteiger partial charge on any atom is 0.0973 e. The van der Waals surface area contributed by atoms with E-state index in [9.17, 15) is 0 Å². The molecule has 0 saturated carbocycles. The van der Waals surface area contributed by atoms with Crippen LogP contribution in [0.3, 0.4) is 0 Å². The van der Waals surface area contributed by atoms with E-state index in [1.54, 1.807) is 0 Å². The van der Waals surface area contributed by atoms with E-state index in [2.05, 4.69) is 54.6 Å². The molecular weight excluding hydrogens is 366 g/mol. The van der Waals surface area contributed by atoms with Crippen LogP contribution in [0.5, 0.6) is 0 Å². The van der Waals surface area contributed by atoms with Gasteiger partial charge in [0.25, 0.3) is 0 Å². The van der Waals surface area contributed by atoms with E-state index in [1.807, 2.05) is 48.5 Å². The fraction of sp³-hybridized carbons (Fsp3) is 0. The number of benzene rings is 3.